The summed E-state index contributed by atoms with van der Waals surface area (Å²) >= 11 is 5.89. The van der Waals surface area contributed by atoms with E-state index in [9.17, 15) is 24.2 Å². The molecule has 0 aromatic heterocycles. The van der Waals surface area contributed by atoms with Gasteiger partial charge in [-0.05, 0) is 24.3 Å². The Kier molecular flexibility index (Phi) is 3.26. The number of benzene rings is 2. The minimum Gasteiger partial charge on any atom is -0.504 e. The fourth-order valence-electron chi connectivity index (χ4n) is 2.33. The number of imide groups is 1. The van der Waals surface area contributed by atoms with Crippen molar-refractivity contribution >= 4 is 23.4 Å². The lowest BCUT2D eigenvalue weighted by atomic mass is 10.1. The molecule has 0 saturated heterocycles. The molecular weight excluding hydrogens is 313 g/mol. The van der Waals surface area contributed by atoms with Crippen molar-refractivity contribution in [3.63, 3.8) is 0 Å². The van der Waals surface area contributed by atoms with Gasteiger partial charge in [0.25, 0.3) is 11.8 Å². The second-order valence-electron chi connectivity index (χ2n) is 4.75. The number of carbonyl (C=O) groups is 2. The zero-order valence-corrected chi connectivity index (χ0v) is 11.8. The molecule has 0 aliphatic carbocycles. The van der Waals surface area contributed by atoms with Crippen LogP contribution in [0.1, 0.15) is 26.3 Å². The molecule has 22 heavy (non-hydrogen) atoms. The first-order chi connectivity index (χ1) is 10.4. The molecule has 2 aromatic carbocycles. The molecule has 1 aliphatic heterocycles. The number of carbonyl (C=O) groups excluding carboxylic acids is 2. The minimum absolute atomic E-state index is 0.00221. The van der Waals surface area contributed by atoms with Crippen LogP contribution in [0.2, 0.25) is 5.02 Å². The van der Waals surface area contributed by atoms with Gasteiger partial charge in [0, 0.05) is 10.6 Å². The van der Waals surface area contributed by atoms with Crippen LogP contribution in [0.15, 0.2) is 30.3 Å². The molecule has 7 heteroatoms. The molecular formula is C15H9ClFNO4. The number of aromatic hydroxyl groups is 2. The highest BCUT2D eigenvalue weighted by Gasteiger charge is 2.39. The molecule has 5 nitrogen and oxygen atoms in total. The van der Waals surface area contributed by atoms with Crippen LogP contribution in [0, 0.1) is 5.82 Å². The predicted octanol–water partition coefficient (Wildman–Crippen LogP) is 2.69. The zero-order valence-electron chi connectivity index (χ0n) is 11.0. The first-order valence-corrected chi connectivity index (χ1v) is 6.63. The highest BCUT2D eigenvalue weighted by Crippen LogP contribution is 2.37. The van der Waals surface area contributed by atoms with Crippen molar-refractivity contribution in [1.82, 2.24) is 4.90 Å². The SMILES string of the molecule is O=C1c2ccc(O)c(O)c2C(=O)N1Cc1c(F)cccc1Cl. The average Bonchev–Trinajstić information content (AvgIpc) is 2.71. The first-order valence-electron chi connectivity index (χ1n) is 6.26. The van der Waals surface area contributed by atoms with Gasteiger partial charge in [0.1, 0.15) is 5.82 Å². The Labute approximate surface area is 129 Å². The van der Waals surface area contributed by atoms with Gasteiger partial charge in [0.2, 0.25) is 0 Å². The van der Waals surface area contributed by atoms with E-state index in [1.54, 1.807) is 0 Å². The summed E-state index contributed by atoms with van der Waals surface area (Å²) in [6.45, 7) is -0.363. The van der Waals surface area contributed by atoms with E-state index in [0.717, 1.165) is 11.0 Å². The number of phenolic OH excluding ortho intramolecular Hbond substituents is 2. The number of nitrogens with zero attached hydrogens (tertiary/aromatic N) is 1. The molecule has 2 amide bonds. The fraction of sp³-hybridized carbons (Fsp3) is 0.0667. The van der Waals surface area contributed by atoms with E-state index in [-0.39, 0.29) is 28.3 Å². The van der Waals surface area contributed by atoms with Crippen molar-refractivity contribution in [1.29, 1.82) is 0 Å². The number of hydrogen-bond acceptors (Lipinski definition) is 4. The van der Waals surface area contributed by atoms with E-state index in [2.05, 4.69) is 0 Å². The summed E-state index contributed by atoms with van der Waals surface area (Å²) in [4.78, 5) is 25.3. The number of halogens is 2. The number of fused-ring (bicyclic) bond motifs is 1. The smallest absolute Gasteiger partial charge is 0.265 e. The van der Waals surface area contributed by atoms with Crippen molar-refractivity contribution in [2.45, 2.75) is 6.54 Å². The number of hydrogen-bond donors (Lipinski definition) is 2. The van der Waals surface area contributed by atoms with E-state index in [1.807, 2.05) is 0 Å². The molecule has 0 spiro atoms. The third kappa shape index (κ3) is 2.00. The van der Waals surface area contributed by atoms with Crippen LogP contribution >= 0.6 is 11.6 Å². The summed E-state index contributed by atoms with van der Waals surface area (Å²) in [5, 5.41) is 19.3. The maximum absolute atomic E-state index is 13.8. The van der Waals surface area contributed by atoms with Crippen LogP contribution in [-0.4, -0.2) is 26.9 Å². The van der Waals surface area contributed by atoms with Gasteiger partial charge < -0.3 is 10.2 Å². The maximum atomic E-state index is 13.8. The summed E-state index contributed by atoms with van der Waals surface area (Å²) < 4.78 is 13.8. The third-order valence-corrected chi connectivity index (χ3v) is 3.82. The van der Waals surface area contributed by atoms with Crippen LogP contribution in [0.3, 0.4) is 0 Å². The Balaban J connectivity index is 2.03. The minimum atomic E-state index is -0.812. The lowest BCUT2D eigenvalue weighted by molar-refractivity contribution is 0.0640. The molecule has 0 bridgehead atoms. The average molecular weight is 322 g/mol. The zero-order chi connectivity index (χ0) is 16.0. The third-order valence-electron chi connectivity index (χ3n) is 3.47. The number of amides is 2. The van der Waals surface area contributed by atoms with Gasteiger partial charge >= 0.3 is 0 Å². The molecule has 2 N–H and O–H groups in total. The number of rotatable bonds is 2. The molecule has 0 atom stereocenters. The largest absolute Gasteiger partial charge is 0.504 e. The Hall–Kier alpha value is -2.60. The van der Waals surface area contributed by atoms with Gasteiger partial charge in [-0.1, -0.05) is 17.7 Å². The van der Waals surface area contributed by atoms with Gasteiger partial charge in [-0.15, -0.1) is 0 Å². The summed E-state index contributed by atoms with van der Waals surface area (Å²) in [6, 6.07) is 6.37. The quantitative estimate of drug-likeness (QED) is 0.658. The van der Waals surface area contributed by atoms with E-state index in [4.69, 9.17) is 11.6 Å². The van der Waals surface area contributed by atoms with E-state index < -0.39 is 29.1 Å². The second kappa shape index (κ2) is 4.99. The van der Waals surface area contributed by atoms with Gasteiger partial charge in [-0.2, -0.15) is 0 Å². The van der Waals surface area contributed by atoms with E-state index >= 15 is 0 Å². The van der Waals surface area contributed by atoms with E-state index in [0.29, 0.717) is 0 Å². The monoisotopic (exact) mass is 321 g/mol. The van der Waals surface area contributed by atoms with Crippen molar-refractivity contribution in [2.75, 3.05) is 0 Å². The summed E-state index contributed by atoms with van der Waals surface area (Å²) in [5.41, 5.74) is -0.340. The summed E-state index contributed by atoms with van der Waals surface area (Å²) in [5.74, 6) is -3.32. The first kappa shape index (κ1) is 14.3. The maximum Gasteiger partial charge on any atom is 0.265 e. The van der Waals surface area contributed by atoms with Gasteiger partial charge in [-0.25, -0.2) is 4.39 Å². The van der Waals surface area contributed by atoms with Gasteiger partial charge in [0.05, 0.1) is 17.7 Å². The Morgan fingerprint density at radius 1 is 1.09 bits per heavy atom. The highest BCUT2D eigenvalue weighted by atomic mass is 35.5. The lowest BCUT2D eigenvalue weighted by Gasteiger charge is -2.15. The molecule has 0 unspecified atom stereocenters. The summed E-state index contributed by atoms with van der Waals surface area (Å²) in [7, 11) is 0. The molecule has 0 fully saturated rings. The van der Waals surface area contributed by atoms with Crippen molar-refractivity contribution in [3.05, 3.63) is 57.9 Å². The molecule has 0 radical (unpaired) electrons. The van der Waals surface area contributed by atoms with Crippen molar-refractivity contribution < 1.29 is 24.2 Å². The van der Waals surface area contributed by atoms with Crippen LogP contribution < -0.4 is 0 Å². The predicted molar refractivity (Wildman–Crippen MR) is 75.4 cm³/mol. The molecule has 2 aromatic rings. The fourth-order valence-corrected chi connectivity index (χ4v) is 2.56. The normalized spacial score (nSPS) is 13.6. The molecule has 112 valence electrons. The van der Waals surface area contributed by atoms with Gasteiger partial charge in [-0.3, -0.25) is 14.5 Å². The van der Waals surface area contributed by atoms with Crippen LogP contribution in [0.4, 0.5) is 4.39 Å². The number of phenols is 2. The molecule has 3 rings (SSSR count). The summed E-state index contributed by atoms with van der Waals surface area (Å²) in [6.07, 6.45) is 0. The second-order valence-corrected chi connectivity index (χ2v) is 5.16. The van der Waals surface area contributed by atoms with Crippen molar-refractivity contribution in [2.24, 2.45) is 0 Å². The van der Waals surface area contributed by atoms with E-state index in [1.165, 1.54) is 24.3 Å². The van der Waals surface area contributed by atoms with Crippen LogP contribution in [0.5, 0.6) is 11.5 Å². The highest BCUT2D eigenvalue weighted by molar-refractivity contribution is 6.31. The van der Waals surface area contributed by atoms with Gasteiger partial charge in [0.15, 0.2) is 11.5 Å². The molecule has 1 aliphatic rings. The molecule has 1 heterocycles. The Morgan fingerprint density at radius 2 is 1.82 bits per heavy atom. The van der Waals surface area contributed by atoms with Crippen LogP contribution in [0.25, 0.3) is 0 Å². The Bertz CT molecular complexity index is 801. The van der Waals surface area contributed by atoms with Crippen molar-refractivity contribution in [3.8, 4) is 11.5 Å². The standard InChI is InChI=1S/C15H9ClFNO4/c16-9-2-1-3-10(17)8(9)6-18-14(21)7-4-5-11(19)13(20)12(7)15(18)22/h1-5,19-20H,6H2. The molecule has 0 saturated carbocycles. The Morgan fingerprint density at radius 3 is 2.50 bits per heavy atom. The van der Waals surface area contributed by atoms with Crippen LogP contribution in [-0.2, 0) is 6.54 Å². The lowest BCUT2D eigenvalue weighted by Crippen LogP contribution is -2.29. The topological polar surface area (TPSA) is 77.8 Å².